The molecule has 4 nitrogen and oxygen atoms in total. The van der Waals surface area contributed by atoms with Gasteiger partial charge in [-0.2, -0.15) is 4.39 Å². The minimum Gasteiger partial charge on any atom is -0.491 e. The highest BCUT2D eigenvalue weighted by Crippen LogP contribution is 2.19. The van der Waals surface area contributed by atoms with Crippen molar-refractivity contribution in [2.45, 2.75) is 6.10 Å². The molecule has 2 aromatic rings. The molecule has 0 aliphatic rings. The standard InChI is InChI=1S/C15H15F2NO3/c16-13-2-1-3-14(15(13)17)21-9-11(19)8-20-12-6-4-10(18)5-7-12/h1-7,11,19H,8-9,18H2. The van der Waals surface area contributed by atoms with Gasteiger partial charge in [-0.1, -0.05) is 6.07 Å². The van der Waals surface area contributed by atoms with E-state index < -0.39 is 17.7 Å². The van der Waals surface area contributed by atoms with Crippen LogP contribution in [-0.4, -0.2) is 24.4 Å². The van der Waals surface area contributed by atoms with Crippen LogP contribution < -0.4 is 15.2 Å². The summed E-state index contributed by atoms with van der Waals surface area (Å²) in [4.78, 5) is 0. The summed E-state index contributed by atoms with van der Waals surface area (Å²) in [5.41, 5.74) is 6.13. The van der Waals surface area contributed by atoms with Crippen molar-refractivity contribution in [3.8, 4) is 11.5 Å². The number of anilines is 1. The number of ether oxygens (including phenoxy) is 2. The van der Waals surface area contributed by atoms with E-state index in [1.807, 2.05) is 0 Å². The number of benzene rings is 2. The van der Waals surface area contributed by atoms with Gasteiger partial charge in [0.05, 0.1) is 0 Å². The summed E-state index contributed by atoms with van der Waals surface area (Å²) in [6, 6.07) is 10.3. The van der Waals surface area contributed by atoms with Gasteiger partial charge < -0.3 is 20.3 Å². The SMILES string of the molecule is Nc1ccc(OCC(O)COc2cccc(F)c2F)cc1. The molecule has 2 aromatic carbocycles. The van der Waals surface area contributed by atoms with Gasteiger partial charge in [0.15, 0.2) is 11.6 Å². The second-order valence-corrected chi connectivity index (χ2v) is 4.40. The van der Waals surface area contributed by atoms with Crippen LogP contribution in [-0.2, 0) is 0 Å². The highest BCUT2D eigenvalue weighted by atomic mass is 19.2. The topological polar surface area (TPSA) is 64.7 Å². The molecule has 3 N–H and O–H groups in total. The van der Waals surface area contributed by atoms with Gasteiger partial charge in [-0.25, -0.2) is 4.39 Å². The summed E-state index contributed by atoms with van der Waals surface area (Å²) < 4.78 is 36.6. The van der Waals surface area contributed by atoms with Crippen LogP contribution in [0.15, 0.2) is 42.5 Å². The molecule has 6 heteroatoms. The highest BCUT2D eigenvalue weighted by molar-refractivity contribution is 5.41. The van der Waals surface area contributed by atoms with Gasteiger partial charge in [0.25, 0.3) is 0 Å². The second-order valence-electron chi connectivity index (χ2n) is 4.40. The van der Waals surface area contributed by atoms with Crippen LogP contribution >= 0.6 is 0 Å². The van der Waals surface area contributed by atoms with Crippen LogP contribution in [0.5, 0.6) is 11.5 Å². The second kappa shape index (κ2) is 6.90. The Kier molecular flexibility index (Phi) is 4.94. The van der Waals surface area contributed by atoms with E-state index in [2.05, 4.69) is 0 Å². The highest BCUT2D eigenvalue weighted by Gasteiger charge is 2.12. The van der Waals surface area contributed by atoms with Crippen molar-refractivity contribution >= 4 is 5.69 Å². The minimum absolute atomic E-state index is 0.0408. The molecule has 0 spiro atoms. The monoisotopic (exact) mass is 295 g/mol. The van der Waals surface area contributed by atoms with E-state index in [4.69, 9.17) is 15.2 Å². The third-order valence-corrected chi connectivity index (χ3v) is 2.67. The smallest absolute Gasteiger partial charge is 0.200 e. The van der Waals surface area contributed by atoms with Crippen molar-refractivity contribution in [3.63, 3.8) is 0 Å². The molecule has 112 valence electrons. The number of halogens is 2. The van der Waals surface area contributed by atoms with Crippen LogP contribution in [0.3, 0.4) is 0 Å². The molecule has 2 rings (SSSR count). The Morgan fingerprint density at radius 1 is 1.00 bits per heavy atom. The number of rotatable bonds is 6. The summed E-state index contributed by atoms with van der Waals surface area (Å²) in [5, 5.41) is 9.70. The Hall–Kier alpha value is -2.34. The van der Waals surface area contributed by atoms with Crippen LogP contribution in [0.4, 0.5) is 14.5 Å². The van der Waals surface area contributed by atoms with Crippen LogP contribution in [0.2, 0.25) is 0 Å². The van der Waals surface area contributed by atoms with Crippen LogP contribution in [0.25, 0.3) is 0 Å². The predicted octanol–water partition coefficient (Wildman–Crippen LogP) is 2.37. The molecule has 0 bridgehead atoms. The van der Waals surface area contributed by atoms with Gasteiger partial charge in [-0.05, 0) is 36.4 Å². The maximum absolute atomic E-state index is 13.3. The van der Waals surface area contributed by atoms with Crippen molar-refractivity contribution in [1.29, 1.82) is 0 Å². The van der Waals surface area contributed by atoms with Gasteiger partial charge in [0.2, 0.25) is 5.82 Å². The minimum atomic E-state index is -1.08. The first kappa shape index (κ1) is 15.1. The molecule has 0 aliphatic heterocycles. The maximum Gasteiger partial charge on any atom is 0.200 e. The van der Waals surface area contributed by atoms with E-state index in [1.54, 1.807) is 24.3 Å². The molecule has 1 atom stereocenters. The molecule has 0 heterocycles. The van der Waals surface area contributed by atoms with E-state index in [0.29, 0.717) is 11.4 Å². The zero-order valence-corrected chi connectivity index (χ0v) is 11.1. The average Bonchev–Trinajstić information content (AvgIpc) is 2.48. The number of aliphatic hydroxyl groups excluding tert-OH is 1. The first-order valence-corrected chi connectivity index (χ1v) is 6.29. The van der Waals surface area contributed by atoms with E-state index in [9.17, 15) is 13.9 Å². The molecule has 21 heavy (non-hydrogen) atoms. The lowest BCUT2D eigenvalue weighted by Gasteiger charge is -2.14. The predicted molar refractivity (Wildman–Crippen MR) is 74.2 cm³/mol. The summed E-state index contributed by atoms with van der Waals surface area (Å²) in [7, 11) is 0. The molecule has 0 aliphatic carbocycles. The number of nitrogen functional groups attached to an aromatic ring is 1. The number of nitrogens with two attached hydrogens (primary N) is 1. The van der Waals surface area contributed by atoms with Gasteiger partial charge >= 0.3 is 0 Å². The maximum atomic E-state index is 13.3. The fourth-order valence-corrected chi connectivity index (χ4v) is 1.59. The Labute approximate surface area is 120 Å². The Bertz CT molecular complexity index is 590. The first-order valence-electron chi connectivity index (χ1n) is 6.29. The number of hydrogen-bond acceptors (Lipinski definition) is 4. The van der Waals surface area contributed by atoms with E-state index in [1.165, 1.54) is 12.1 Å². The lowest BCUT2D eigenvalue weighted by Crippen LogP contribution is -2.25. The van der Waals surface area contributed by atoms with Gasteiger partial charge in [0.1, 0.15) is 25.1 Å². The fraction of sp³-hybridized carbons (Fsp3) is 0.200. The largest absolute Gasteiger partial charge is 0.491 e. The normalized spacial score (nSPS) is 12.0. The summed E-state index contributed by atoms with van der Waals surface area (Å²) in [6.45, 7) is -0.254. The number of hydrogen-bond donors (Lipinski definition) is 2. The van der Waals surface area contributed by atoms with Crippen LogP contribution in [0.1, 0.15) is 0 Å². The van der Waals surface area contributed by atoms with Gasteiger partial charge in [-0.15, -0.1) is 0 Å². The lowest BCUT2D eigenvalue weighted by molar-refractivity contribution is 0.0610. The molecular weight excluding hydrogens is 280 g/mol. The lowest BCUT2D eigenvalue weighted by atomic mass is 10.3. The number of aliphatic hydroxyl groups is 1. The third kappa shape index (κ3) is 4.32. The van der Waals surface area contributed by atoms with Gasteiger partial charge in [0, 0.05) is 5.69 Å². The van der Waals surface area contributed by atoms with Crippen molar-refractivity contribution in [2.24, 2.45) is 0 Å². The first-order chi connectivity index (χ1) is 10.1. The molecule has 0 radical (unpaired) electrons. The Morgan fingerprint density at radius 3 is 2.38 bits per heavy atom. The molecule has 0 saturated carbocycles. The fourth-order valence-electron chi connectivity index (χ4n) is 1.59. The van der Waals surface area contributed by atoms with Crippen molar-refractivity contribution in [3.05, 3.63) is 54.1 Å². The zero-order chi connectivity index (χ0) is 15.2. The summed E-state index contributed by atoms with van der Waals surface area (Å²) in [5.74, 6) is -1.79. The van der Waals surface area contributed by atoms with Crippen LogP contribution in [0, 0.1) is 11.6 Å². The molecule has 0 fully saturated rings. The molecule has 0 aromatic heterocycles. The molecule has 0 amide bonds. The van der Waals surface area contributed by atoms with E-state index >= 15 is 0 Å². The quantitative estimate of drug-likeness (QED) is 0.803. The third-order valence-electron chi connectivity index (χ3n) is 2.67. The summed E-state index contributed by atoms with van der Waals surface area (Å²) in [6.07, 6.45) is -0.981. The van der Waals surface area contributed by atoms with E-state index in [0.717, 1.165) is 6.07 Å². The summed E-state index contributed by atoms with van der Waals surface area (Å²) >= 11 is 0. The zero-order valence-electron chi connectivity index (χ0n) is 11.1. The van der Waals surface area contributed by atoms with Gasteiger partial charge in [-0.3, -0.25) is 0 Å². The van der Waals surface area contributed by atoms with Crippen molar-refractivity contribution in [2.75, 3.05) is 18.9 Å². The van der Waals surface area contributed by atoms with Crippen molar-refractivity contribution < 1.29 is 23.4 Å². The average molecular weight is 295 g/mol. The molecular formula is C15H15F2NO3. The van der Waals surface area contributed by atoms with Crippen molar-refractivity contribution in [1.82, 2.24) is 0 Å². The van der Waals surface area contributed by atoms with E-state index in [-0.39, 0.29) is 19.0 Å². The molecule has 1 unspecified atom stereocenters. The molecule has 0 saturated heterocycles. The Balaban J connectivity index is 1.80. The Morgan fingerprint density at radius 2 is 1.67 bits per heavy atom.